The lowest BCUT2D eigenvalue weighted by Gasteiger charge is -2.36. The molecule has 0 spiro atoms. The highest BCUT2D eigenvalue weighted by atomic mass is 16.6. The summed E-state index contributed by atoms with van der Waals surface area (Å²) in [5.41, 5.74) is 1.04. The number of benzene rings is 2. The van der Waals surface area contributed by atoms with Crippen molar-refractivity contribution in [2.75, 3.05) is 37.6 Å². The monoisotopic (exact) mass is 486 g/mol. The summed E-state index contributed by atoms with van der Waals surface area (Å²) in [6.07, 6.45) is 0. The van der Waals surface area contributed by atoms with Crippen molar-refractivity contribution >= 4 is 29.2 Å². The summed E-state index contributed by atoms with van der Waals surface area (Å²) in [7, 11) is 0. The summed E-state index contributed by atoms with van der Waals surface area (Å²) in [5.74, 6) is -0.504. The van der Waals surface area contributed by atoms with E-state index >= 15 is 0 Å². The molecule has 3 aromatic rings. The molecule has 0 bridgehead atoms. The van der Waals surface area contributed by atoms with Crippen LogP contribution >= 0.6 is 0 Å². The van der Waals surface area contributed by atoms with E-state index in [9.17, 15) is 24.5 Å². The van der Waals surface area contributed by atoms with E-state index in [1.807, 2.05) is 43.3 Å². The number of hydrogen-bond donors (Lipinski definition) is 0. The lowest BCUT2D eigenvalue weighted by molar-refractivity contribution is -0.385. The maximum absolute atomic E-state index is 13.0. The third-order valence-corrected chi connectivity index (χ3v) is 6.32. The van der Waals surface area contributed by atoms with E-state index in [1.165, 1.54) is 18.2 Å². The Morgan fingerprint density at radius 2 is 1.69 bits per heavy atom. The lowest BCUT2D eigenvalue weighted by atomic mass is 10.1. The van der Waals surface area contributed by atoms with E-state index in [-0.39, 0.29) is 11.1 Å². The second-order valence-electron chi connectivity index (χ2n) is 8.55. The van der Waals surface area contributed by atoms with Crippen molar-refractivity contribution in [2.45, 2.75) is 6.92 Å². The number of nitrogens with zero attached hydrogens (tertiary/aromatic N) is 6. The normalized spacial score (nSPS) is 15.3. The van der Waals surface area contributed by atoms with Crippen LogP contribution in [0.1, 0.15) is 26.5 Å². The quantitative estimate of drug-likeness (QED) is 0.305. The fourth-order valence-corrected chi connectivity index (χ4v) is 4.50. The molecular formula is C25H22N6O5. The Labute approximate surface area is 206 Å². The van der Waals surface area contributed by atoms with E-state index in [2.05, 4.69) is 14.9 Å². The summed E-state index contributed by atoms with van der Waals surface area (Å²) < 4.78 is 0. The van der Waals surface area contributed by atoms with E-state index in [1.54, 1.807) is 4.90 Å². The zero-order valence-electron chi connectivity index (χ0n) is 19.5. The molecule has 2 aliphatic rings. The molecule has 3 heterocycles. The number of aromatic nitrogens is 2. The van der Waals surface area contributed by atoms with Gasteiger partial charge < -0.3 is 9.80 Å². The van der Waals surface area contributed by atoms with Crippen molar-refractivity contribution in [3.05, 3.63) is 81.7 Å². The van der Waals surface area contributed by atoms with Gasteiger partial charge in [0.2, 0.25) is 5.91 Å². The molecule has 0 atom stereocenters. The largest absolute Gasteiger partial charge is 0.353 e. The Balaban J connectivity index is 1.25. The van der Waals surface area contributed by atoms with Crippen molar-refractivity contribution in [2.24, 2.45) is 0 Å². The number of amides is 3. The Morgan fingerprint density at radius 1 is 0.972 bits per heavy atom. The first-order chi connectivity index (χ1) is 17.3. The Hall–Kier alpha value is -4.67. The van der Waals surface area contributed by atoms with Crippen LogP contribution in [0.4, 0.5) is 11.5 Å². The third-order valence-electron chi connectivity index (χ3n) is 6.32. The molecule has 1 aromatic heterocycles. The predicted octanol–water partition coefficient (Wildman–Crippen LogP) is 2.31. The minimum absolute atomic E-state index is 0.0554. The fraction of sp³-hybridized carbons (Fsp3) is 0.240. The zero-order chi connectivity index (χ0) is 25.4. The molecule has 0 aliphatic carbocycles. The molecule has 36 heavy (non-hydrogen) atoms. The second kappa shape index (κ2) is 9.17. The molecule has 11 nitrogen and oxygen atoms in total. The van der Waals surface area contributed by atoms with Crippen LogP contribution in [-0.4, -0.2) is 75.1 Å². The van der Waals surface area contributed by atoms with Gasteiger partial charge in [0.25, 0.3) is 17.5 Å². The molecule has 0 N–H and O–H groups in total. The van der Waals surface area contributed by atoms with Gasteiger partial charge in [0.15, 0.2) is 0 Å². The number of fused-ring (bicyclic) bond motifs is 1. The first-order valence-corrected chi connectivity index (χ1v) is 11.4. The molecule has 182 valence electrons. The van der Waals surface area contributed by atoms with E-state index in [0.29, 0.717) is 32.0 Å². The van der Waals surface area contributed by atoms with Crippen molar-refractivity contribution in [1.82, 2.24) is 19.8 Å². The highest BCUT2D eigenvalue weighted by Gasteiger charge is 2.42. The predicted molar refractivity (Wildman–Crippen MR) is 129 cm³/mol. The molecule has 2 aromatic carbocycles. The van der Waals surface area contributed by atoms with E-state index < -0.39 is 34.9 Å². The summed E-state index contributed by atoms with van der Waals surface area (Å²) in [6.45, 7) is 3.17. The third kappa shape index (κ3) is 4.15. The van der Waals surface area contributed by atoms with Crippen LogP contribution in [0.3, 0.4) is 0 Å². The van der Waals surface area contributed by atoms with Crippen LogP contribution in [-0.2, 0) is 4.79 Å². The summed E-state index contributed by atoms with van der Waals surface area (Å²) in [6, 6.07) is 15.6. The van der Waals surface area contributed by atoms with Crippen molar-refractivity contribution in [3.8, 4) is 11.3 Å². The van der Waals surface area contributed by atoms with Gasteiger partial charge in [-0.15, -0.1) is 0 Å². The van der Waals surface area contributed by atoms with Crippen LogP contribution in [0, 0.1) is 17.0 Å². The van der Waals surface area contributed by atoms with Crippen LogP contribution in [0.25, 0.3) is 11.3 Å². The standard InChI is InChI=1S/C25H22N6O5/c1-16-26-19(17-6-3-2-4-7-17)14-21(27-16)28-10-12-29(13-11-28)22(32)15-30-24(33)18-8-5-9-20(31(35)36)23(18)25(30)34/h2-9,14H,10-13,15H2,1H3. The van der Waals surface area contributed by atoms with E-state index in [4.69, 9.17) is 0 Å². The van der Waals surface area contributed by atoms with Gasteiger partial charge in [0, 0.05) is 43.9 Å². The van der Waals surface area contributed by atoms with Gasteiger partial charge >= 0.3 is 0 Å². The fourth-order valence-electron chi connectivity index (χ4n) is 4.50. The highest BCUT2D eigenvalue weighted by Crippen LogP contribution is 2.30. The molecule has 3 amide bonds. The molecule has 0 radical (unpaired) electrons. The van der Waals surface area contributed by atoms with Gasteiger partial charge in [-0.05, 0) is 13.0 Å². The molecule has 11 heteroatoms. The number of aryl methyl sites for hydroxylation is 1. The number of carbonyl (C=O) groups excluding carboxylic acids is 3. The number of piperazine rings is 1. The van der Waals surface area contributed by atoms with Crippen LogP contribution < -0.4 is 4.90 Å². The number of anilines is 1. The molecular weight excluding hydrogens is 464 g/mol. The number of nitro groups is 1. The topological polar surface area (TPSA) is 130 Å². The molecule has 1 fully saturated rings. The summed E-state index contributed by atoms with van der Waals surface area (Å²) in [5, 5.41) is 11.3. The van der Waals surface area contributed by atoms with Gasteiger partial charge in [-0.2, -0.15) is 0 Å². The number of rotatable bonds is 5. The number of nitro benzene ring substituents is 1. The Bertz CT molecular complexity index is 1380. The maximum atomic E-state index is 13.0. The molecule has 1 saturated heterocycles. The smallest absolute Gasteiger partial charge is 0.282 e. The molecule has 0 saturated carbocycles. The first-order valence-electron chi connectivity index (χ1n) is 11.4. The first kappa shape index (κ1) is 23.1. The van der Waals surface area contributed by atoms with Gasteiger partial charge in [-0.25, -0.2) is 9.97 Å². The molecule has 0 unspecified atom stereocenters. The van der Waals surface area contributed by atoms with Gasteiger partial charge in [0.05, 0.1) is 16.2 Å². The Morgan fingerprint density at radius 3 is 2.39 bits per heavy atom. The van der Waals surface area contributed by atoms with Crippen LogP contribution in [0.15, 0.2) is 54.6 Å². The van der Waals surface area contributed by atoms with Crippen molar-refractivity contribution < 1.29 is 19.3 Å². The number of imide groups is 1. The second-order valence-corrected chi connectivity index (χ2v) is 8.55. The van der Waals surface area contributed by atoms with Crippen molar-refractivity contribution in [3.63, 3.8) is 0 Å². The van der Waals surface area contributed by atoms with Crippen LogP contribution in [0.2, 0.25) is 0 Å². The number of hydrogen-bond acceptors (Lipinski definition) is 8. The van der Waals surface area contributed by atoms with Gasteiger partial charge in [-0.1, -0.05) is 36.4 Å². The average Bonchev–Trinajstić information content (AvgIpc) is 3.13. The Kier molecular flexibility index (Phi) is 5.88. The van der Waals surface area contributed by atoms with Crippen LogP contribution in [0.5, 0.6) is 0 Å². The maximum Gasteiger partial charge on any atom is 0.282 e. The zero-order valence-corrected chi connectivity index (χ0v) is 19.5. The lowest BCUT2D eigenvalue weighted by Crippen LogP contribution is -2.52. The molecule has 2 aliphatic heterocycles. The minimum atomic E-state index is -0.820. The SMILES string of the molecule is Cc1nc(-c2ccccc2)cc(N2CCN(C(=O)CN3C(=O)c4cccc([N+](=O)[O-])c4C3=O)CC2)n1. The van der Waals surface area contributed by atoms with Crippen molar-refractivity contribution in [1.29, 1.82) is 0 Å². The van der Waals surface area contributed by atoms with E-state index in [0.717, 1.165) is 22.0 Å². The summed E-state index contributed by atoms with van der Waals surface area (Å²) >= 11 is 0. The average molecular weight is 486 g/mol. The van der Waals surface area contributed by atoms with Gasteiger partial charge in [-0.3, -0.25) is 29.4 Å². The molecule has 5 rings (SSSR count). The highest BCUT2D eigenvalue weighted by molar-refractivity contribution is 6.24. The van der Waals surface area contributed by atoms with Gasteiger partial charge in [0.1, 0.15) is 23.8 Å². The summed E-state index contributed by atoms with van der Waals surface area (Å²) in [4.78, 5) is 62.6. The number of carbonyl (C=O) groups is 3. The minimum Gasteiger partial charge on any atom is -0.353 e.